The third kappa shape index (κ3) is 4.15. The van der Waals surface area contributed by atoms with Crippen molar-refractivity contribution in [3.63, 3.8) is 0 Å². The van der Waals surface area contributed by atoms with Crippen molar-refractivity contribution in [2.24, 2.45) is 0 Å². The summed E-state index contributed by atoms with van der Waals surface area (Å²) in [6.07, 6.45) is 0. The number of nitrogens with one attached hydrogen (secondary N) is 1. The van der Waals surface area contributed by atoms with E-state index < -0.39 is 27.6 Å². The quantitative estimate of drug-likeness (QED) is 0.691. The molecule has 0 aliphatic carbocycles. The predicted octanol–water partition coefficient (Wildman–Crippen LogP) is 4.10. The molecule has 0 radical (unpaired) electrons. The number of halogens is 2. The predicted molar refractivity (Wildman–Crippen MR) is 101 cm³/mol. The van der Waals surface area contributed by atoms with Crippen LogP contribution < -0.4 is 9.62 Å². The maximum absolute atomic E-state index is 13.2. The lowest BCUT2D eigenvalue weighted by Crippen LogP contribution is -2.26. The van der Waals surface area contributed by atoms with Crippen LogP contribution in [0.1, 0.15) is 9.67 Å². The van der Waals surface area contributed by atoms with Crippen LogP contribution in [0.4, 0.5) is 20.2 Å². The molecule has 1 N–H and O–H groups in total. The van der Waals surface area contributed by atoms with Crippen molar-refractivity contribution in [1.82, 2.24) is 0 Å². The summed E-state index contributed by atoms with van der Waals surface area (Å²) in [6, 6.07) is 11.6. The molecule has 2 aromatic carbocycles. The Morgan fingerprint density at radius 2 is 1.74 bits per heavy atom. The minimum absolute atomic E-state index is 0.0660. The van der Waals surface area contributed by atoms with Crippen molar-refractivity contribution in [3.05, 3.63) is 76.5 Å². The third-order valence-corrected chi connectivity index (χ3v) is 6.57. The lowest BCUT2D eigenvalue weighted by atomic mass is 10.3. The molecule has 0 atom stereocenters. The minimum Gasteiger partial charge on any atom is -0.321 e. The average Bonchev–Trinajstić information content (AvgIpc) is 3.13. The Morgan fingerprint density at radius 3 is 2.41 bits per heavy atom. The van der Waals surface area contributed by atoms with Crippen molar-refractivity contribution in [2.75, 3.05) is 16.7 Å². The SMILES string of the molecule is CN(c1ccc(F)cc1)S(=O)(=O)c1csc(C(=O)Nc2cccc(F)c2)c1. The average molecular weight is 408 g/mol. The minimum atomic E-state index is -3.92. The van der Waals surface area contributed by atoms with E-state index in [1.807, 2.05) is 0 Å². The molecule has 140 valence electrons. The monoisotopic (exact) mass is 408 g/mol. The van der Waals surface area contributed by atoms with Crippen LogP contribution in [0.3, 0.4) is 0 Å². The van der Waals surface area contributed by atoms with Crippen LogP contribution in [0, 0.1) is 11.6 Å². The molecular weight excluding hydrogens is 394 g/mol. The first-order chi connectivity index (χ1) is 12.8. The van der Waals surface area contributed by atoms with Crippen molar-refractivity contribution >= 4 is 38.6 Å². The Balaban J connectivity index is 1.81. The van der Waals surface area contributed by atoms with E-state index in [4.69, 9.17) is 0 Å². The summed E-state index contributed by atoms with van der Waals surface area (Å²) in [5.74, 6) is -1.52. The maximum atomic E-state index is 13.2. The van der Waals surface area contributed by atoms with E-state index in [9.17, 15) is 22.0 Å². The Morgan fingerprint density at radius 1 is 1.04 bits per heavy atom. The number of anilines is 2. The van der Waals surface area contributed by atoms with Gasteiger partial charge in [0.2, 0.25) is 0 Å². The van der Waals surface area contributed by atoms with E-state index >= 15 is 0 Å². The summed E-state index contributed by atoms with van der Waals surface area (Å²) in [7, 11) is -2.58. The van der Waals surface area contributed by atoms with E-state index in [2.05, 4.69) is 5.32 Å². The molecule has 3 rings (SSSR count). The second-order valence-corrected chi connectivity index (χ2v) is 8.44. The number of rotatable bonds is 5. The largest absolute Gasteiger partial charge is 0.321 e. The van der Waals surface area contributed by atoms with Gasteiger partial charge in [0.05, 0.1) is 15.5 Å². The molecule has 9 heteroatoms. The third-order valence-electron chi connectivity index (χ3n) is 3.73. The van der Waals surface area contributed by atoms with Crippen LogP contribution in [0.5, 0.6) is 0 Å². The Bertz CT molecular complexity index is 1080. The van der Waals surface area contributed by atoms with Crippen LogP contribution >= 0.6 is 11.3 Å². The number of thiophene rings is 1. The van der Waals surface area contributed by atoms with Crippen LogP contribution in [-0.2, 0) is 10.0 Å². The molecule has 1 amide bonds. The van der Waals surface area contributed by atoms with E-state index in [1.54, 1.807) is 0 Å². The van der Waals surface area contributed by atoms with Crippen molar-refractivity contribution in [1.29, 1.82) is 0 Å². The second-order valence-electron chi connectivity index (χ2n) is 5.56. The molecule has 0 bridgehead atoms. The van der Waals surface area contributed by atoms with E-state index in [-0.39, 0.29) is 21.1 Å². The van der Waals surface area contributed by atoms with Gasteiger partial charge in [0, 0.05) is 18.1 Å². The van der Waals surface area contributed by atoms with Gasteiger partial charge < -0.3 is 5.32 Å². The van der Waals surface area contributed by atoms with Crippen LogP contribution in [-0.4, -0.2) is 21.4 Å². The van der Waals surface area contributed by atoms with E-state index in [0.29, 0.717) is 0 Å². The van der Waals surface area contributed by atoms with Gasteiger partial charge in [-0.1, -0.05) is 6.07 Å². The molecule has 3 aromatic rings. The normalized spacial score (nSPS) is 11.2. The molecule has 0 saturated heterocycles. The standard InChI is InChI=1S/C18H14F2N2O3S2/c1-22(15-7-5-12(19)6-8-15)27(24,25)16-10-17(26-11-16)18(23)21-14-4-2-3-13(20)9-14/h2-11H,1H3,(H,21,23). The van der Waals surface area contributed by atoms with E-state index in [1.165, 1.54) is 48.8 Å². The van der Waals surface area contributed by atoms with Gasteiger partial charge in [-0.05, 0) is 48.5 Å². The molecular formula is C18H14F2N2O3S2. The van der Waals surface area contributed by atoms with Gasteiger partial charge in [-0.15, -0.1) is 11.3 Å². The zero-order valence-electron chi connectivity index (χ0n) is 14.0. The van der Waals surface area contributed by atoms with Crippen molar-refractivity contribution in [3.8, 4) is 0 Å². The molecule has 0 spiro atoms. The molecule has 0 aliphatic heterocycles. The number of nitrogens with zero attached hydrogens (tertiary/aromatic N) is 1. The summed E-state index contributed by atoms with van der Waals surface area (Å²) in [5.41, 5.74) is 0.551. The number of sulfonamides is 1. The highest BCUT2D eigenvalue weighted by Crippen LogP contribution is 2.26. The first-order valence-electron chi connectivity index (χ1n) is 7.67. The summed E-state index contributed by atoms with van der Waals surface area (Å²) in [6.45, 7) is 0. The molecule has 5 nitrogen and oxygen atoms in total. The van der Waals surface area contributed by atoms with Gasteiger partial charge in [-0.3, -0.25) is 9.10 Å². The molecule has 27 heavy (non-hydrogen) atoms. The number of hydrogen-bond donors (Lipinski definition) is 1. The lowest BCUT2D eigenvalue weighted by molar-refractivity contribution is 0.103. The summed E-state index contributed by atoms with van der Waals surface area (Å²) < 4.78 is 52.7. The van der Waals surface area contributed by atoms with Crippen molar-refractivity contribution in [2.45, 2.75) is 4.90 Å². The number of carbonyl (C=O) groups is 1. The lowest BCUT2D eigenvalue weighted by Gasteiger charge is -2.18. The fourth-order valence-corrected chi connectivity index (χ4v) is 4.63. The zero-order chi connectivity index (χ0) is 19.6. The highest BCUT2D eigenvalue weighted by molar-refractivity contribution is 7.93. The van der Waals surface area contributed by atoms with Gasteiger partial charge in [-0.2, -0.15) is 0 Å². The molecule has 1 heterocycles. The van der Waals surface area contributed by atoms with Gasteiger partial charge in [0.15, 0.2) is 0 Å². The summed E-state index contributed by atoms with van der Waals surface area (Å²) in [5, 5.41) is 3.86. The first-order valence-corrected chi connectivity index (χ1v) is 9.99. The zero-order valence-corrected chi connectivity index (χ0v) is 15.7. The van der Waals surface area contributed by atoms with Gasteiger partial charge >= 0.3 is 0 Å². The fourth-order valence-electron chi connectivity index (χ4n) is 2.28. The maximum Gasteiger partial charge on any atom is 0.265 e. The van der Waals surface area contributed by atoms with Gasteiger partial charge in [0.25, 0.3) is 15.9 Å². The van der Waals surface area contributed by atoms with E-state index in [0.717, 1.165) is 33.8 Å². The Hall–Kier alpha value is -2.78. The van der Waals surface area contributed by atoms with Gasteiger partial charge in [0.1, 0.15) is 11.6 Å². The van der Waals surface area contributed by atoms with Crippen LogP contribution in [0.25, 0.3) is 0 Å². The highest BCUT2D eigenvalue weighted by Gasteiger charge is 2.24. The van der Waals surface area contributed by atoms with Crippen molar-refractivity contribution < 1.29 is 22.0 Å². The fraction of sp³-hybridized carbons (Fsp3) is 0.0556. The number of carbonyl (C=O) groups excluding carboxylic acids is 1. The molecule has 0 aliphatic rings. The molecule has 1 aromatic heterocycles. The second kappa shape index (κ2) is 7.45. The summed E-state index contributed by atoms with van der Waals surface area (Å²) >= 11 is 0.951. The number of amides is 1. The molecule has 0 unspecified atom stereocenters. The molecule has 0 fully saturated rings. The van der Waals surface area contributed by atoms with Crippen LogP contribution in [0.15, 0.2) is 64.9 Å². The van der Waals surface area contributed by atoms with Gasteiger partial charge in [-0.25, -0.2) is 17.2 Å². The Kier molecular flexibility index (Phi) is 5.24. The highest BCUT2D eigenvalue weighted by atomic mass is 32.2. The number of benzene rings is 2. The van der Waals surface area contributed by atoms with Crippen LogP contribution in [0.2, 0.25) is 0 Å². The smallest absolute Gasteiger partial charge is 0.265 e. The topological polar surface area (TPSA) is 66.5 Å². The summed E-state index contributed by atoms with van der Waals surface area (Å²) in [4.78, 5) is 12.4. The number of hydrogen-bond acceptors (Lipinski definition) is 4. The first kappa shape index (κ1) is 19.0. The molecule has 0 saturated carbocycles. The Labute approximate surface area is 158 Å².